The molecule has 1 saturated heterocycles. The zero-order valence-corrected chi connectivity index (χ0v) is 22.8. The number of anilines is 2. The number of hydrogen-bond donors (Lipinski definition) is 3. The van der Waals surface area contributed by atoms with Crippen molar-refractivity contribution in [2.24, 2.45) is 12.5 Å². The number of aryl methyl sites for hydroxylation is 2. The number of sulfonamides is 1. The predicted octanol–water partition coefficient (Wildman–Crippen LogP) is 3.07. The van der Waals surface area contributed by atoms with Crippen molar-refractivity contribution in [3.63, 3.8) is 0 Å². The molecule has 0 unspecified atom stereocenters. The van der Waals surface area contributed by atoms with E-state index in [-0.39, 0.29) is 36.6 Å². The summed E-state index contributed by atoms with van der Waals surface area (Å²) >= 11 is 0. The molecule has 4 rings (SSSR count). The number of hydrogen-bond acceptors (Lipinski definition) is 8. The van der Waals surface area contributed by atoms with Gasteiger partial charge in [-0.25, -0.2) is 12.8 Å². The minimum absolute atomic E-state index is 0.0108. The molecule has 1 aromatic heterocycles. The lowest BCUT2D eigenvalue weighted by Gasteiger charge is -2.44. The standard InChI is InChI=1S/C26H34FN7O3S/c1-18-11-23(30-21-7-5-20(27)6-8-21)19(13-28)12-22(18)24-15-34(10-9-33(24)16-26(2,3)17-35)38(36,37)25-14-29-32(4)31-25/h5-8,11-14,24,28,30,35H,9-10,15-17H2,1-4H3/t24-/m1/s1. The van der Waals surface area contributed by atoms with Gasteiger partial charge in [0.15, 0.2) is 0 Å². The average molecular weight is 544 g/mol. The molecule has 0 saturated carbocycles. The van der Waals surface area contributed by atoms with Crippen LogP contribution in [-0.4, -0.2) is 76.7 Å². The second-order valence-corrected chi connectivity index (χ2v) is 12.3. The molecule has 1 atom stereocenters. The molecule has 1 aliphatic heterocycles. The summed E-state index contributed by atoms with van der Waals surface area (Å²) in [5.74, 6) is -0.335. The SMILES string of the molecule is Cc1cc(Nc2ccc(F)cc2)c(C=N)cc1[C@H]1CN(S(=O)(=O)c2cnn(C)n2)CCN1CC(C)(C)CO. The van der Waals surface area contributed by atoms with Gasteiger partial charge in [0.25, 0.3) is 10.0 Å². The van der Waals surface area contributed by atoms with Gasteiger partial charge in [0.2, 0.25) is 5.03 Å². The van der Waals surface area contributed by atoms with Gasteiger partial charge in [-0.3, -0.25) is 4.90 Å². The highest BCUT2D eigenvalue weighted by Crippen LogP contribution is 2.35. The Hall–Kier alpha value is -3.19. The molecule has 2 aromatic carbocycles. The summed E-state index contributed by atoms with van der Waals surface area (Å²) in [6.45, 7) is 7.36. The number of piperazine rings is 1. The average Bonchev–Trinajstić information content (AvgIpc) is 3.33. The zero-order chi connectivity index (χ0) is 27.7. The quantitative estimate of drug-likeness (QED) is 0.354. The van der Waals surface area contributed by atoms with Crippen LogP contribution >= 0.6 is 0 Å². The largest absolute Gasteiger partial charge is 0.396 e. The molecule has 1 fully saturated rings. The molecule has 2 heterocycles. The highest BCUT2D eigenvalue weighted by molar-refractivity contribution is 7.89. The third-order valence-corrected chi connectivity index (χ3v) is 8.50. The number of aromatic nitrogens is 3. The van der Waals surface area contributed by atoms with Crippen molar-refractivity contribution in [3.8, 4) is 0 Å². The highest BCUT2D eigenvalue weighted by Gasteiger charge is 2.38. The Morgan fingerprint density at radius 3 is 2.55 bits per heavy atom. The topological polar surface area (TPSA) is 127 Å². The van der Waals surface area contributed by atoms with Crippen LogP contribution in [0.4, 0.5) is 15.8 Å². The summed E-state index contributed by atoms with van der Waals surface area (Å²) < 4.78 is 41.6. The normalized spacial score (nSPS) is 17.5. The smallest absolute Gasteiger partial charge is 0.264 e. The zero-order valence-electron chi connectivity index (χ0n) is 22.0. The molecule has 10 nitrogen and oxygen atoms in total. The van der Waals surface area contributed by atoms with E-state index in [0.717, 1.165) is 11.1 Å². The lowest BCUT2D eigenvalue weighted by atomic mass is 9.90. The van der Waals surface area contributed by atoms with E-state index in [9.17, 15) is 17.9 Å². The van der Waals surface area contributed by atoms with Crippen molar-refractivity contribution < 1.29 is 17.9 Å². The summed E-state index contributed by atoms with van der Waals surface area (Å²) in [6.07, 6.45) is 2.49. The van der Waals surface area contributed by atoms with Crippen LogP contribution in [0, 0.1) is 23.6 Å². The van der Waals surface area contributed by atoms with Crippen molar-refractivity contribution in [2.75, 3.05) is 38.1 Å². The lowest BCUT2D eigenvalue weighted by Crippen LogP contribution is -2.53. The molecule has 3 aromatic rings. The van der Waals surface area contributed by atoms with E-state index < -0.39 is 15.4 Å². The fraction of sp³-hybridized carbons (Fsp3) is 0.423. The van der Waals surface area contributed by atoms with Crippen LogP contribution in [0.2, 0.25) is 0 Å². The molecule has 0 amide bonds. The van der Waals surface area contributed by atoms with E-state index in [4.69, 9.17) is 5.41 Å². The van der Waals surface area contributed by atoms with E-state index in [2.05, 4.69) is 20.4 Å². The number of rotatable bonds is 9. The van der Waals surface area contributed by atoms with Crippen LogP contribution in [0.3, 0.4) is 0 Å². The van der Waals surface area contributed by atoms with Crippen molar-refractivity contribution in [1.29, 1.82) is 5.41 Å². The third-order valence-electron chi connectivity index (χ3n) is 6.77. The van der Waals surface area contributed by atoms with E-state index >= 15 is 0 Å². The number of aliphatic hydroxyl groups is 1. The van der Waals surface area contributed by atoms with Crippen molar-refractivity contribution >= 4 is 27.6 Å². The molecule has 3 N–H and O–H groups in total. The van der Waals surface area contributed by atoms with Gasteiger partial charge >= 0.3 is 0 Å². The Morgan fingerprint density at radius 1 is 1.24 bits per heavy atom. The summed E-state index contributed by atoms with van der Waals surface area (Å²) in [4.78, 5) is 3.42. The van der Waals surface area contributed by atoms with Crippen LogP contribution in [0.5, 0.6) is 0 Å². The van der Waals surface area contributed by atoms with Crippen LogP contribution in [-0.2, 0) is 17.1 Å². The Balaban J connectivity index is 1.71. The number of nitrogens with one attached hydrogen (secondary N) is 2. The second kappa shape index (κ2) is 10.9. The first-order valence-electron chi connectivity index (χ1n) is 12.3. The van der Waals surface area contributed by atoms with Gasteiger partial charge in [0.05, 0.1) is 6.20 Å². The van der Waals surface area contributed by atoms with Gasteiger partial charge in [0, 0.05) is 74.4 Å². The van der Waals surface area contributed by atoms with Crippen LogP contribution < -0.4 is 5.32 Å². The molecule has 38 heavy (non-hydrogen) atoms. The van der Waals surface area contributed by atoms with Gasteiger partial charge < -0.3 is 15.8 Å². The minimum atomic E-state index is -3.86. The van der Waals surface area contributed by atoms with E-state index in [1.807, 2.05) is 32.9 Å². The molecule has 204 valence electrons. The van der Waals surface area contributed by atoms with Gasteiger partial charge in [-0.1, -0.05) is 13.8 Å². The fourth-order valence-corrected chi connectivity index (χ4v) is 6.02. The lowest BCUT2D eigenvalue weighted by molar-refractivity contribution is 0.0478. The Kier molecular flexibility index (Phi) is 7.98. The minimum Gasteiger partial charge on any atom is -0.396 e. The van der Waals surface area contributed by atoms with Gasteiger partial charge in [0.1, 0.15) is 5.82 Å². The monoisotopic (exact) mass is 543 g/mol. The number of nitrogens with zero attached hydrogens (tertiary/aromatic N) is 5. The molecule has 0 aliphatic carbocycles. The van der Waals surface area contributed by atoms with Crippen LogP contribution in [0.1, 0.15) is 36.6 Å². The first kappa shape index (κ1) is 27.8. The van der Waals surface area contributed by atoms with E-state index in [0.29, 0.717) is 30.0 Å². The maximum Gasteiger partial charge on any atom is 0.264 e. The van der Waals surface area contributed by atoms with Crippen molar-refractivity contribution in [3.05, 3.63) is 65.1 Å². The van der Waals surface area contributed by atoms with Gasteiger partial charge in [-0.05, 0) is 54.4 Å². The first-order valence-corrected chi connectivity index (χ1v) is 13.8. The molecule has 0 bridgehead atoms. The molecule has 0 radical (unpaired) electrons. The Morgan fingerprint density at radius 2 is 1.95 bits per heavy atom. The number of halogens is 1. The fourth-order valence-electron chi connectivity index (χ4n) is 4.69. The summed E-state index contributed by atoms with van der Waals surface area (Å²) in [7, 11) is -2.29. The Labute approximate surface area is 222 Å². The molecular formula is C26H34FN7O3S. The third kappa shape index (κ3) is 5.93. The maximum absolute atomic E-state index is 13.4. The number of aliphatic hydroxyl groups excluding tert-OH is 1. The molecular weight excluding hydrogens is 509 g/mol. The summed E-state index contributed by atoms with van der Waals surface area (Å²) in [6, 6.07) is 9.48. The van der Waals surface area contributed by atoms with Gasteiger partial charge in [-0.15, -0.1) is 5.10 Å². The van der Waals surface area contributed by atoms with Gasteiger partial charge in [-0.2, -0.15) is 14.2 Å². The Bertz CT molecular complexity index is 1410. The summed E-state index contributed by atoms with van der Waals surface area (Å²) in [5, 5.41) is 29.1. The van der Waals surface area contributed by atoms with Crippen LogP contribution in [0.15, 0.2) is 47.6 Å². The van der Waals surface area contributed by atoms with Crippen LogP contribution in [0.25, 0.3) is 0 Å². The highest BCUT2D eigenvalue weighted by atomic mass is 32.2. The first-order chi connectivity index (χ1) is 17.9. The number of benzene rings is 2. The van der Waals surface area contributed by atoms with Crippen molar-refractivity contribution in [1.82, 2.24) is 24.2 Å². The molecule has 0 spiro atoms. The molecule has 1 aliphatic rings. The molecule has 12 heteroatoms. The second-order valence-electron chi connectivity index (χ2n) is 10.4. The van der Waals surface area contributed by atoms with E-state index in [1.54, 1.807) is 19.2 Å². The van der Waals surface area contributed by atoms with E-state index in [1.165, 1.54) is 33.6 Å². The maximum atomic E-state index is 13.4. The summed E-state index contributed by atoms with van der Waals surface area (Å²) in [5.41, 5.74) is 3.40. The predicted molar refractivity (Wildman–Crippen MR) is 144 cm³/mol. The van der Waals surface area contributed by atoms with Crippen molar-refractivity contribution in [2.45, 2.75) is 31.8 Å².